The Morgan fingerprint density at radius 3 is 2.89 bits per heavy atom. The molecule has 0 aliphatic carbocycles. The van der Waals surface area contributed by atoms with Gasteiger partial charge in [0.05, 0.1) is 5.69 Å². The highest BCUT2D eigenvalue weighted by Gasteiger charge is 2.35. The summed E-state index contributed by atoms with van der Waals surface area (Å²) in [6.45, 7) is 0.663. The summed E-state index contributed by atoms with van der Waals surface area (Å²) in [4.78, 5) is 11.1. The van der Waals surface area contributed by atoms with Crippen molar-refractivity contribution in [2.45, 2.75) is 23.8 Å². The molecular weight excluding hydrogens is 290 g/mol. The Kier molecular flexibility index (Phi) is 4.27. The second-order valence-electron chi connectivity index (χ2n) is 4.53. The number of aromatic nitrogens is 1. The molecule has 0 amide bonds. The summed E-state index contributed by atoms with van der Waals surface area (Å²) in [5.74, 6) is 0.406. The Bertz CT molecular complexity index is 570. The number of aryl methyl sites for hydroxylation is 1. The Hall–Kier alpha value is -0.920. The summed E-state index contributed by atoms with van der Waals surface area (Å²) in [7, 11) is -1.84. The van der Waals surface area contributed by atoms with Gasteiger partial charge in [-0.3, -0.25) is 0 Å². The molecule has 0 bridgehead atoms. The second-order valence-corrected chi connectivity index (χ2v) is 6.82. The number of nitroso groups, excluding NO2 is 1. The van der Waals surface area contributed by atoms with Crippen molar-refractivity contribution in [2.75, 3.05) is 19.0 Å². The molecule has 106 valence electrons. The molecule has 1 aromatic rings. The highest BCUT2D eigenvalue weighted by Crippen LogP contribution is 2.34. The van der Waals surface area contributed by atoms with Crippen LogP contribution in [0.3, 0.4) is 0 Å². The third kappa shape index (κ3) is 2.54. The number of sulfonamides is 1. The van der Waals surface area contributed by atoms with Gasteiger partial charge in [0.1, 0.15) is 10.9 Å². The van der Waals surface area contributed by atoms with Gasteiger partial charge in [0, 0.05) is 32.2 Å². The van der Waals surface area contributed by atoms with E-state index in [-0.39, 0.29) is 4.90 Å². The van der Waals surface area contributed by atoms with Gasteiger partial charge in [-0.1, -0.05) is 5.18 Å². The SMILES string of the molecule is Cn1ccc2c1C(N=O)CCN(CCCCl)S2(=O)=O. The molecule has 1 aliphatic heterocycles. The van der Waals surface area contributed by atoms with Crippen LogP contribution in [0.1, 0.15) is 24.6 Å². The number of halogens is 1. The van der Waals surface area contributed by atoms with Gasteiger partial charge < -0.3 is 4.57 Å². The van der Waals surface area contributed by atoms with Crippen LogP contribution in [0.25, 0.3) is 0 Å². The summed E-state index contributed by atoms with van der Waals surface area (Å²) >= 11 is 5.62. The molecular formula is C11H16ClN3O3S. The van der Waals surface area contributed by atoms with E-state index in [1.165, 1.54) is 10.4 Å². The number of nitrogens with zero attached hydrogens (tertiary/aromatic N) is 3. The zero-order chi connectivity index (χ0) is 14.0. The van der Waals surface area contributed by atoms with Gasteiger partial charge in [0.25, 0.3) is 0 Å². The minimum atomic E-state index is -3.56. The first-order chi connectivity index (χ1) is 9.02. The van der Waals surface area contributed by atoms with E-state index in [4.69, 9.17) is 11.6 Å². The van der Waals surface area contributed by atoms with Gasteiger partial charge in [0.15, 0.2) is 0 Å². The molecule has 1 atom stereocenters. The van der Waals surface area contributed by atoms with Crippen molar-refractivity contribution in [3.05, 3.63) is 22.9 Å². The summed E-state index contributed by atoms with van der Waals surface area (Å²) in [5, 5.41) is 3.07. The maximum Gasteiger partial charge on any atom is 0.244 e. The van der Waals surface area contributed by atoms with Gasteiger partial charge in [-0.05, 0) is 18.9 Å². The average molecular weight is 306 g/mol. The van der Waals surface area contributed by atoms with Gasteiger partial charge in [-0.15, -0.1) is 11.6 Å². The first kappa shape index (κ1) is 14.5. The maximum absolute atomic E-state index is 12.5. The first-order valence-corrected chi connectivity index (χ1v) is 8.03. The first-order valence-electron chi connectivity index (χ1n) is 6.06. The van der Waals surface area contributed by atoms with Gasteiger partial charge in [-0.25, -0.2) is 8.42 Å². The summed E-state index contributed by atoms with van der Waals surface area (Å²) in [6, 6.07) is 0.910. The molecule has 2 rings (SSSR count). The number of alkyl halides is 1. The van der Waals surface area contributed by atoms with Crippen molar-refractivity contribution < 1.29 is 8.42 Å². The normalized spacial score (nSPS) is 22.7. The lowest BCUT2D eigenvalue weighted by molar-refractivity contribution is 0.399. The minimum Gasteiger partial charge on any atom is -0.351 e. The Balaban J connectivity index is 2.47. The van der Waals surface area contributed by atoms with Crippen molar-refractivity contribution in [3.63, 3.8) is 0 Å². The Labute approximate surface area is 117 Å². The van der Waals surface area contributed by atoms with E-state index in [0.717, 1.165) is 0 Å². The molecule has 1 unspecified atom stereocenters. The fourth-order valence-electron chi connectivity index (χ4n) is 2.37. The quantitative estimate of drug-likeness (QED) is 0.629. The molecule has 0 spiro atoms. The second kappa shape index (κ2) is 5.60. The lowest BCUT2D eigenvalue weighted by Crippen LogP contribution is -2.32. The topological polar surface area (TPSA) is 71.7 Å². The Morgan fingerprint density at radius 2 is 2.26 bits per heavy atom. The van der Waals surface area contributed by atoms with Gasteiger partial charge >= 0.3 is 0 Å². The molecule has 0 aromatic carbocycles. The van der Waals surface area contributed by atoms with E-state index in [1.54, 1.807) is 17.8 Å². The van der Waals surface area contributed by atoms with Crippen LogP contribution in [0, 0.1) is 4.91 Å². The van der Waals surface area contributed by atoms with Crippen molar-refractivity contribution in [3.8, 4) is 0 Å². The molecule has 2 heterocycles. The highest BCUT2D eigenvalue weighted by molar-refractivity contribution is 7.89. The lowest BCUT2D eigenvalue weighted by Gasteiger charge is -2.18. The Morgan fingerprint density at radius 1 is 1.53 bits per heavy atom. The zero-order valence-corrected chi connectivity index (χ0v) is 12.2. The van der Waals surface area contributed by atoms with E-state index in [2.05, 4.69) is 5.18 Å². The fourth-order valence-corrected chi connectivity index (χ4v) is 4.26. The van der Waals surface area contributed by atoms with Crippen LogP contribution < -0.4 is 0 Å². The number of hydrogen-bond acceptors (Lipinski definition) is 4. The predicted molar refractivity (Wildman–Crippen MR) is 72.7 cm³/mol. The summed E-state index contributed by atoms with van der Waals surface area (Å²) < 4.78 is 28.1. The molecule has 6 nitrogen and oxygen atoms in total. The summed E-state index contributed by atoms with van der Waals surface area (Å²) in [5.41, 5.74) is 0.475. The molecule has 8 heteroatoms. The van der Waals surface area contributed by atoms with E-state index in [0.29, 0.717) is 37.5 Å². The van der Waals surface area contributed by atoms with Crippen LogP contribution >= 0.6 is 11.6 Å². The molecule has 0 radical (unpaired) electrons. The molecule has 0 N–H and O–H groups in total. The zero-order valence-electron chi connectivity index (χ0n) is 10.6. The minimum absolute atomic E-state index is 0.187. The number of fused-ring (bicyclic) bond motifs is 1. The van der Waals surface area contributed by atoms with Crippen molar-refractivity contribution in [1.29, 1.82) is 0 Å². The maximum atomic E-state index is 12.5. The third-order valence-electron chi connectivity index (χ3n) is 3.34. The van der Waals surface area contributed by atoms with Crippen LogP contribution in [0.15, 0.2) is 22.3 Å². The monoisotopic (exact) mass is 305 g/mol. The molecule has 0 saturated heterocycles. The molecule has 1 aliphatic rings. The highest BCUT2D eigenvalue weighted by atomic mass is 35.5. The standard InChI is InChI=1S/C11H16ClN3O3S/c1-14-7-4-10-11(14)9(13-16)3-8-15(6-2-5-12)19(10,17)18/h4,7,9H,2-3,5-6,8H2,1H3. The molecule has 0 saturated carbocycles. The lowest BCUT2D eigenvalue weighted by atomic mass is 10.1. The van der Waals surface area contributed by atoms with Crippen molar-refractivity contribution in [1.82, 2.24) is 8.87 Å². The summed E-state index contributed by atoms with van der Waals surface area (Å²) in [6.07, 6.45) is 2.63. The molecule has 1 aromatic heterocycles. The van der Waals surface area contributed by atoms with Crippen LogP contribution in [0.4, 0.5) is 0 Å². The predicted octanol–water partition coefficient (Wildman–Crippen LogP) is 1.86. The largest absolute Gasteiger partial charge is 0.351 e. The van der Waals surface area contributed by atoms with Crippen LogP contribution in [0.2, 0.25) is 0 Å². The van der Waals surface area contributed by atoms with E-state index >= 15 is 0 Å². The van der Waals surface area contributed by atoms with Crippen LogP contribution in [-0.4, -0.2) is 36.3 Å². The molecule has 0 fully saturated rings. The van der Waals surface area contributed by atoms with Crippen LogP contribution in [0.5, 0.6) is 0 Å². The number of hydrogen-bond donors (Lipinski definition) is 0. The van der Waals surface area contributed by atoms with Crippen LogP contribution in [-0.2, 0) is 17.1 Å². The van der Waals surface area contributed by atoms with Gasteiger partial charge in [0.2, 0.25) is 10.0 Å². The molecule has 19 heavy (non-hydrogen) atoms. The fraction of sp³-hybridized carbons (Fsp3) is 0.636. The van der Waals surface area contributed by atoms with Crippen molar-refractivity contribution >= 4 is 21.6 Å². The van der Waals surface area contributed by atoms with Gasteiger partial charge in [-0.2, -0.15) is 9.21 Å². The third-order valence-corrected chi connectivity index (χ3v) is 5.55. The number of rotatable bonds is 4. The smallest absolute Gasteiger partial charge is 0.244 e. The van der Waals surface area contributed by atoms with Crippen molar-refractivity contribution in [2.24, 2.45) is 12.2 Å². The van der Waals surface area contributed by atoms with E-state index in [9.17, 15) is 13.3 Å². The average Bonchev–Trinajstić information content (AvgIpc) is 2.71. The van der Waals surface area contributed by atoms with E-state index < -0.39 is 16.1 Å². The van der Waals surface area contributed by atoms with E-state index in [1.807, 2.05) is 0 Å².